The number of aromatic nitrogens is 3. The number of hydrogen-bond donors (Lipinski definition) is 1. The summed E-state index contributed by atoms with van der Waals surface area (Å²) in [7, 11) is 1.72. The monoisotopic (exact) mass is 364 g/mol. The largest absolute Gasteiger partial charge is 0.417 e. The summed E-state index contributed by atoms with van der Waals surface area (Å²) < 4.78 is 40.0. The fraction of sp³-hybridized carbons (Fsp3) is 0.308. The van der Waals surface area contributed by atoms with Crippen LogP contribution in [0.4, 0.5) is 18.9 Å². The molecule has 1 N–H and O–H groups in total. The number of nitrogens with zero attached hydrogens (tertiary/aromatic N) is 3. The summed E-state index contributed by atoms with van der Waals surface area (Å²) in [5.41, 5.74) is -0.970. The first-order chi connectivity index (χ1) is 10.7. The number of carbonyl (C=O) groups is 1. The van der Waals surface area contributed by atoms with Crippen LogP contribution in [0.15, 0.2) is 29.7 Å². The summed E-state index contributed by atoms with van der Waals surface area (Å²) in [5.74, 6) is -0.451. The Hall–Kier alpha value is -1.74. The molecule has 0 unspecified atom stereocenters. The van der Waals surface area contributed by atoms with Gasteiger partial charge in [-0.2, -0.15) is 13.2 Å². The lowest BCUT2D eigenvalue weighted by Crippen LogP contribution is -2.23. The van der Waals surface area contributed by atoms with Crippen molar-refractivity contribution in [3.8, 4) is 0 Å². The third-order valence-electron chi connectivity index (χ3n) is 2.86. The van der Waals surface area contributed by atoms with Crippen LogP contribution in [0.25, 0.3) is 0 Å². The van der Waals surface area contributed by atoms with Gasteiger partial charge in [0.1, 0.15) is 6.33 Å². The average molecular weight is 365 g/mol. The highest BCUT2D eigenvalue weighted by Crippen LogP contribution is 2.36. The number of halogens is 4. The van der Waals surface area contributed by atoms with Gasteiger partial charge in [0.25, 0.3) is 0 Å². The molecule has 0 radical (unpaired) electrons. The Bertz CT molecular complexity index is 719. The second-order valence-electron chi connectivity index (χ2n) is 4.67. The molecule has 1 aromatic carbocycles. The topological polar surface area (TPSA) is 59.8 Å². The highest BCUT2D eigenvalue weighted by atomic mass is 35.5. The molecule has 0 fully saturated rings. The van der Waals surface area contributed by atoms with Crippen molar-refractivity contribution in [1.29, 1.82) is 0 Å². The van der Waals surface area contributed by atoms with Crippen molar-refractivity contribution in [3.63, 3.8) is 0 Å². The highest BCUT2D eigenvalue weighted by Gasteiger charge is 2.33. The van der Waals surface area contributed by atoms with E-state index in [0.29, 0.717) is 5.16 Å². The van der Waals surface area contributed by atoms with Gasteiger partial charge >= 0.3 is 6.18 Å². The molecule has 2 rings (SSSR count). The van der Waals surface area contributed by atoms with Crippen LogP contribution in [-0.2, 0) is 18.0 Å². The van der Waals surface area contributed by atoms with Gasteiger partial charge in [-0.25, -0.2) is 0 Å². The molecule has 10 heteroatoms. The quantitative estimate of drug-likeness (QED) is 0.842. The van der Waals surface area contributed by atoms with Crippen LogP contribution in [-0.4, -0.2) is 25.9 Å². The lowest BCUT2D eigenvalue weighted by Gasteiger charge is -2.14. The van der Waals surface area contributed by atoms with Crippen molar-refractivity contribution >= 4 is 35.0 Å². The second kappa shape index (κ2) is 6.79. The third-order valence-corrected chi connectivity index (χ3v) is 4.34. The molecule has 0 saturated heterocycles. The van der Waals surface area contributed by atoms with E-state index in [1.165, 1.54) is 12.4 Å². The molecule has 1 amide bonds. The molecule has 0 bridgehead atoms. The molecule has 5 nitrogen and oxygen atoms in total. The van der Waals surface area contributed by atoms with E-state index in [1.54, 1.807) is 18.5 Å². The Morgan fingerprint density at radius 3 is 2.70 bits per heavy atom. The fourth-order valence-corrected chi connectivity index (χ4v) is 2.67. The van der Waals surface area contributed by atoms with Gasteiger partial charge in [0, 0.05) is 12.7 Å². The Labute approximate surface area is 139 Å². The molecule has 0 spiro atoms. The van der Waals surface area contributed by atoms with Gasteiger partial charge < -0.3 is 9.88 Å². The molecule has 23 heavy (non-hydrogen) atoms. The van der Waals surface area contributed by atoms with Gasteiger partial charge in [0.05, 0.1) is 15.8 Å². The zero-order chi connectivity index (χ0) is 17.2. The summed E-state index contributed by atoms with van der Waals surface area (Å²) in [5, 5.41) is 9.50. The van der Waals surface area contributed by atoms with Crippen LogP contribution >= 0.6 is 23.4 Å². The number of anilines is 1. The van der Waals surface area contributed by atoms with Crippen LogP contribution in [0.5, 0.6) is 0 Å². The number of thioether (sulfide) groups is 1. The van der Waals surface area contributed by atoms with E-state index in [4.69, 9.17) is 11.6 Å². The maximum Gasteiger partial charge on any atom is 0.417 e. The number of amides is 1. The Kier molecular flexibility index (Phi) is 5.20. The van der Waals surface area contributed by atoms with Crippen molar-refractivity contribution in [2.24, 2.45) is 7.05 Å². The number of rotatable bonds is 4. The van der Waals surface area contributed by atoms with Crippen molar-refractivity contribution in [1.82, 2.24) is 14.8 Å². The van der Waals surface area contributed by atoms with E-state index in [2.05, 4.69) is 15.5 Å². The minimum absolute atomic E-state index is 0.0251. The molecular formula is C13H12ClF3N4OS. The summed E-state index contributed by atoms with van der Waals surface area (Å²) >= 11 is 6.68. The van der Waals surface area contributed by atoms with Gasteiger partial charge in [-0.15, -0.1) is 10.2 Å². The molecule has 1 aromatic heterocycles. The van der Waals surface area contributed by atoms with E-state index in [9.17, 15) is 18.0 Å². The molecular weight excluding hydrogens is 353 g/mol. The number of benzene rings is 1. The minimum atomic E-state index is -4.59. The SMILES string of the molecule is C[C@@H](Sc1nncn1C)C(=O)Nc1ccc(Cl)c(C(F)(F)F)c1. The van der Waals surface area contributed by atoms with Crippen molar-refractivity contribution in [3.05, 3.63) is 35.1 Å². The van der Waals surface area contributed by atoms with Gasteiger partial charge in [-0.1, -0.05) is 23.4 Å². The number of hydrogen-bond acceptors (Lipinski definition) is 4. The molecule has 1 atom stereocenters. The lowest BCUT2D eigenvalue weighted by molar-refractivity contribution is -0.137. The molecule has 1 heterocycles. The zero-order valence-corrected chi connectivity index (χ0v) is 13.6. The molecule has 124 valence electrons. The first-order valence-corrected chi connectivity index (χ1v) is 7.62. The second-order valence-corrected chi connectivity index (χ2v) is 6.38. The fourth-order valence-electron chi connectivity index (χ4n) is 1.66. The number of alkyl halides is 3. The predicted molar refractivity (Wildman–Crippen MR) is 81.4 cm³/mol. The third kappa shape index (κ3) is 4.38. The van der Waals surface area contributed by atoms with E-state index in [1.807, 2.05) is 0 Å². The lowest BCUT2D eigenvalue weighted by atomic mass is 10.2. The molecule has 0 aliphatic heterocycles. The standard InChI is InChI=1S/C13H12ClF3N4OS/c1-7(23-12-20-18-6-21(12)2)11(22)19-8-3-4-10(14)9(5-8)13(15,16)17/h3-7H,1-2H3,(H,19,22)/t7-/m1/s1. The van der Waals surface area contributed by atoms with Crippen molar-refractivity contribution in [2.45, 2.75) is 23.5 Å². The van der Waals surface area contributed by atoms with Crippen LogP contribution < -0.4 is 5.32 Å². The molecule has 0 aliphatic rings. The van der Waals surface area contributed by atoms with Crippen molar-refractivity contribution in [2.75, 3.05) is 5.32 Å². The Balaban J connectivity index is 2.09. The zero-order valence-electron chi connectivity index (χ0n) is 12.1. The number of carbonyl (C=O) groups excluding carboxylic acids is 1. The number of nitrogens with one attached hydrogen (secondary N) is 1. The number of aryl methyl sites for hydroxylation is 1. The van der Waals surface area contributed by atoms with E-state index in [-0.39, 0.29) is 5.69 Å². The van der Waals surface area contributed by atoms with Gasteiger partial charge in [0.15, 0.2) is 5.16 Å². The van der Waals surface area contributed by atoms with E-state index < -0.39 is 27.9 Å². The summed E-state index contributed by atoms with van der Waals surface area (Å²) in [6.45, 7) is 1.62. The Morgan fingerprint density at radius 1 is 1.43 bits per heavy atom. The molecule has 2 aromatic rings. The summed E-state index contributed by atoms with van der Waals surface area (Å²) in [6, 6.07) is 3.22. The maximum absolute atomic E-state index is 12.8. The van der Waals surface area contributed by atoms with Crippen LogP contribution in [0.2, 0.25) is 5.02 Å². The highest BCUT2D eigenvalue weighted by molar-refractivity contribution is 8.00. The average Bonchev–Trinajstić information content (AvgIpc) is 2.85. The smallest absolute Gasteiger partial charge is 0.325 e. The van der Waals surface area contributed by atoms with Gasteiger partial charge in [-0.05, 0) is 25.1 Å². The van der Waals surface area contributed by atoms with E-state index >= 15 is 0 Å². The van der Waals surface area contributed by atoms with Gasteiger partial charge in [0.2, 0.25) is 5.91 Å². The molecule has 0 saturated carbocycles. The predicted octanol–water partition coefficient (Wildman–Crippen LogP) is 3.61. The van der Waals surface area contributed by atoms with Crippen LogP contribution in [0, 0.1) is 0 Å². The minimum Gasteiger partial charge on any atom is -0.325 e. The summed E-state index contributed by atoms with van der Waals surface area (Å²) in [6.07, 6.45) is -3.10. The normalized spacial score (nSPS) is 13.0. The summed E-state index contributed by atoms with van der Waals surface area (Å²) in [4.78, 5) is 12.1. The van der Waals surface area contributed by atoms with E-state index in [0.717, 1.165) is 23.9 Å². The first kappa shape index (κ1) is 17.6. The first-order valence-electron chi connectivity index (χ1n) is 6.36. The van der Waals surface area contributed by atoms with Crippen LogP contribution in [0.1, 0.15) is 12.5 Å². The van der Waals surface area contributed by atoms with Crippen molar-refractivity contribution < 1.29 is 18.0 Å². The maximum atomic E-state index is 12.8. The van der Waals surface area contributed by atoms with Gasteiger partial charge in [-0.3, -0.25) is 4.79 Å². The molecule has 0 aliphatic carbocycles. The Morgan fingerprint density at radius 2 is 2.13 bits per heavy atom. The van der Waals surface area contributed by atoms with Crippen LogP contribution in [0.3, 0.4) is 0 Å².